The van der Waals surface area contributed by atoms with E-state index < -0.39 is 17.7 Å². The molecular weight excluding hydrogens is 346 g/mol. The largest absolute Gasteiger partial charge is 0.444 e. The number of ether oxygens (including phenoxy) is 1. The molecule has 0 heterocycles. The number of rotatable bonds is 4. The summed E-state index contributed by atoms with van der Waals surface area (Å²) in [5, 5.41) is 3.13. The first-order valence-corrected chi connectivity index (χ1v) is 7.28. The zero-order chi connectivity index (χ0) is 15.3. The Morgan fingerprint density at radius 2 is 2.15 bits per heavy atom. The maximum atomic E-state index is 11.8. The zero-order valence-corrected chi connectivity index (χ0v) is 13.9. The third-order valence-corrected chi connectivity index (χ3v) is 3.18. The monoisotopic (exact) mass is 361 g/mol. The van der Waals surface area contributed by atoms with Crippen LogP contribution in [-0.4, -0.2) is 18.0 Å². The molecule has 0 saturated carbocycles. The fourth-order valence-electron chi connectivity index (χ4n) is 1.59. The van der Waals surface area contributed by atoms with E-state index in [0.717, 1.165) is 10.8 Å². The van der Waals surface area contributed by atoms with E-state index >= 15 is 0 Å². The first-order chi connectivity index (χ1) is 9.23. The van der Waals surface area contributed by atoms with Crippen molar-refractivity contribution >= 4 is 39.9 Å². The van der Waals surface area contributed by atoms with Crippen LogP contribution in [-0.2, 0) is 9.53 Å². The van der Waals surface area contributed by atoms with Crippen LogP contribution in [0.2, 0.25) is 5.02 Å². The predicted octanol–water partition coefficient (Wildman–Crippen LogP) is 4.26. The minimum Gasteiger partial charge on any atom is -0.444 e. The van der Waals surface area contributed by atoms with Gasteiger partial charge in [-0.05, 0) is 38.5 Å². The highest BCUT2D eigenvalue weighted by atomic mass is 79.9. The first kappa shape index (κ1) is 17.0. The summed E-state index contributed by atoms with van der Waals surface area (Å²) in [4.78, 5) is 22.6. The summed E-state index contributed by atoms with van der Waals surface area (Å²) in [6.07, 6.45) is 0.282. The Balaban J connectivity index is 2.89. The van der Waals surface area contributed by atoms with Gasteiger partial charge < -0.3 is 14.8 Å². The van der Waals surface area contributed by atoms with Crippen molar-refractivity contribution in [2.75, 3.05) is 0 Å². The molecule has 0 fully saturated rings. The van der Waals surface area contributed by atoms with Crippen LogP contribution in [0.4, 0.5) is 4.79 Å². The van der Waals surface area contributed by atoms with E-state index in [4.69, 9.17) is 16.3 Å². The van der Waals surface area contributed by atoms with Crippen LogP contribution in [0.3, 0.4) is 0 Å². The molecule has 0 aromatic heterocycles. The molecule has 0 radical (unpaired) electrons. The number of amides is 1. The predicted molar refractivity (Wildman–Crippen MR) is 81.9 cm³/mol. The van der Waals surface area contributed by atoms with Crippen LogP contribution in [0.15, 0.2) is 22.7 Å². The van der Waals surface area contributed by atoms with Crippen molar-refractivity contribution in [2.45, 2.75) is 38.8 Å². The number of carbonyl (C=O) groups excluding carboxylic acids is 2. The Hall–Kier alpha value is -1.07. The van der Waals surface area contributed by atoms with E-state index in [1.54, 1.807) is 39.0 Å². The molecule has 0 saturated heterocycles. The molecule has 1 aromatic carbocycles. The van der Waals surface area contributed by atoms with Gasteiger partial charge in [0.2, 0.25) is 0 Å². The number of hydrogen-bond donors (Lipinski definition) is 1. The van der Waals surface area contributed by atoms with E-state index in [1.165, 1.54) is 0 Å². The second-order valence-electron chi connectivity index (χ2n) is 5.27. The van der Waals surface area contributed by atoms with Crippen LogP contribution in [0, 0.1) is 0 Å². The molecule has 0 aliphatic carbocycles. The maximum Gasteiger partial charge on any atom is 0.408 e. The highest BCUT2D eigenvalue weighted by Gasteiger charge is 2.21. The van der Waals surface area contributed by atoms with Gasteiger partial charge in [0.1, 0.15) is 11.9 Å². The Morgan fingerprint density at radius 3 is 2.65 bits per heavy atom. The van der Waals surface area contributed by atoms with Crippen LogP contribution >= 0.6 is 27.5 Å². The van der Waals surface area contributed by atoms with Gasteiger partial charge in [-0.2, -0.15) is 0 Å². The Bertz CT molecular complexity index is 500. The molecule has 1 amide bonds. The van der Waals surface area contributed by atoms with Crippen molar-refractivity contribution in [2.24, 2.45) is 0 Å². The number of carbonyl (C=O) groups is 2. The first-order valence-electron chi connectivity index (χ1n) is 6.11. The lowest BCUT2D eigenvalue weighted by atomic mass is 10.0. The Morgan fingerprint density at radius 1 is 1.50 bits per heavy atom. The number of nitrogens with one attached hydrogen (secondary N) is 1. The summed E-state index contributed by atoms with van der Waals surface area (Å²) in [6.45, 7) is 5.32. The van der Waals surface area contributed by atoms with Gasteiger partial charge in [-0.25, -0.2) is 4.79 Å². The smallest absolute Gasteiger partial charge is 0.408 e. The molecule has 1 aromatic rings. The zero-order valence-electron chi connectivity index (χ0n) is 11.6. The SMILES string of the molecule is CC(C)(C)OC(=O)N[C@H](CC=O)c1ccc(Br)cc1Cl. The maximum absolute atomic E-state index is 11.8. The number of benzene rings is 1. The fourth-order valence-corrected chi connectivity index (χ4v) is 2.40. The standard InChI is InChI=1S/C14H17BrClNO3/c1-14(2,3)20-13(19)17-12(6-7-18)10-5-4-9(15)8-11(10)16/h4-5,7-8,12H,6H2,1-3H3,(H,17,19)/t12-/m1/s1. The van der Waals surface area contributed by atoms with E-state index in [0.29, 0.717) is 10.6 Å². The lowest BCUT2D eigenvalue weighted by Crippen LogP contribution is -2.35. The molecule has 4 nitrogen and oxygen atoms in total. The van der Waals surface area contributed by atoms with Crippen molar-refractivity contribution < 1.29 is 14.3 Å². The molecule has 0 aliphatic heterocycles. The summed E-state index contributed by atoms with van der Waals surface area (Å²) in [5.74, 6) is 0. The Labute approximate surface area is 132 Å². The summed E-state index contributed by atoms with van der Waals surface area (Å²) in [5.41, 5.74) is 0.0760. The van der Waals surface area contributed by atoms with Crippen molar-refractivity contribution in [3.8, 4) is 0 Å². The van der Waals surface area contributed by atoms with Crippen molar-refractivity contribution in [1.82, 2.24) is 5.32 Å². The van der Waals surface area contributed by atoms with Gasteiger partial charge in [0.25, 0.3) is 0 Å². The van der Waals surface area contributed by atoms with Gasteiger partial charge in [-0.1, -0.05) is 33.6 Å². The summed E-state index contributed by atoms with van der Waals surface area (Å²) in [6, 6.07) is 4.77. The molecule has 1 rings (SSSR count). The summed E-state index contributed by atoms with van der Waals surface area (Å²) < 4.78 is 6.01. The van der Waals surface area contributed by atoms with E-state index in [1.807, 2.05) is 0 Å². The topological polar surface area (TPSA) is 55.4 Å². The van der Waals surface area contributed by atoms with Crippen molar-refractivity contribution in [3.63, 3.8) is 0 Å². The average molecular weight is 363 g/mol. The van der Waals surface area contributed by atoms with Crippen molar-refractivity contribution in [3.05, 3.63) is 33.3 Å². The van der Waals surface area contributed by atoms with Crippen LogP contribution < -0.4 is 5.32 Å². The van der Waals surface area contributed by atoms with E-state index in [2.05, 4.69) is 21.2 Å². The highest BCUT2D eigenvalue weighted by molar-refractivity contribution is 9.10. The minimum atomic E-state index is -0.598. The second-order valence-corrected chi connectivity index (χ2v) is 6.59. The molecule has 0 spiro atoms. The van der Waals surface area contributed by atoms with E-state index in [9.17, 15) is 9.59 Å². The second kappa shape index (κ2) is 7.09. The minimum absolute atomic E-state index is 0.126. The van der Waals surface area contributed by atoms with Crippen LogP contribution in [0.25, 0.3) is 0 Å². The normalized spacial score (nSPS) is 12.7. The Kier molecular flexibility index (Phi) is 6.02. The lowest BCUT2D eigenvalue weighted by Gasteiger charge is -2.23. The third kappa shape index (κ3) is 5.51. The molecule has 1 atom stereocenters. The highest BCUT2D eigenvalue weighted by Crippen LogP contribution is 2.28. The molecule has 1 N–H and O–H groups in total. The lowest BCUT2D eigenvalue weighted by molar-refractivity contribution is -0.108. The molecular formula is C14H17BrClNO3. The molecule has 0 aliphatic rings. The number of halogens is 2. The van der Waals surface area contributed by atoms with Crippen LogP contribution in [0.1, 0.15) is 38.8 Å². The van der Waals surface area contributed by atoms with Crippen LogP contribution in [0.5, 0.6) is 0 Å². The quantitative estimate of drug-likeness (QED) is 0.814. The molecule has 110 valence electrons. The molecule has 20 heavy (non-hydrogen) atoms. The van der Waals surface area contributed by atoms with Gasteiger partial charge in [0.15, 0.2) is 0 Å². The molecule has 6 heteroatoms. The van der Waals surface area contributed by atoms with Gasteiger partial charge in [0, 0.05) is 15.9 Å². The average Bonchev–Trinajstić information content (AvgIpc) is 2.25. The molecule has 0 unspecified atom stereocenters. The van der Waals surface area contributed by atoms with E-state index in [-0.39, 0.29) is 6.42 Å². The number of hydrogen-bond acceptors (Lipinski definition) is 3. The molecule has 0 bridgehead atoms. The van der Waals surface area contributed by atoms with Gasteiger partial charge in [-0.3, -0.25) is 0 Å². The number of aldehydes is 1. The third-order valence-electron chi connectivity index (χ3n) is 2.36. The summed E-state index contributed by atoms with van der Waals surface area (Å²) >= 11 is 9.45. The van der Waals surface area contributed by atoms with Gasteiger partial charge in [-0.15, -0.1) is 0 Å². The van der Waals surface area contributed by atoms with Gasteiger partial charge >= 0.3 is 6.09 Å². The summed E-state index contributed by atoms with van der Waals surface area (Å²) in [7, 11) is 0. The number of alkyl carbamates (subject to hydrolysis) is 1. The van der Waals surface area contributed by atoms with Crippen molar-refractivity contribution in [1.29, 1.82) is 0 Å². The fraction of sp³-hybridized carbons (Fsp3) is 0.429. The van der Waals surface area contributed by atoms with Gasteiger partial charge in [0.05, 0.1) is 6.04 Å².